The third kappa shape index (κ3) is 4.18. The van der Waals surface area contributed by atoms with Gasteiger partial charge in [-0.2, -0.15) is 0 Å². The predicted molar refractivity (Wildman–Crippen MR) is 125 cm³/mol. The second-order valence-corrected chi connectivity index (χ2v) is 8.87. The average Bonchev–Trinajstić information content (AvgIpc) is 3.23. The van der Waals surface area contributed by atoms with Crippen molar-refractivity contribution in [3.63, 3.8) is 0 Å². The number of piperidine rings is 1. The largest absolute Gasteiger partial charge is 0.342 e. The van der Waals surface area contributed by atoms with Gasteiger partial charge in [-0.15, -0.1) is 11.3 Å². The topological polar surface area (TPSA) is 71.0 Å². The van der Waals surface area contributed by atoms with Crippen LogP contribution in [0, 0.1) is 5.82 Å². The Kier molecular flexibility index (Phi) is 5.53. The maximum absolute atomic E-state index is 13.7. The van der Waals surface area contributed by atoms with Gasteiger partial charge in [-0.1, -0.05) is 6.07 Å². The first-order valence-electron chi connectivity index (χ1n) is 10.6. The fourth-order valence-corrected chi connectivity index (χ4v) is 5.04. The molecule has 1 aromatic carbocycles. The zero-order valence-electron chi connectivity index (χ0n) is 17.6. The summed E-state index contributed by atoms with van der Waals surface area (Å²) < 4.78 is 14.8. The number of carbonyl (C=O) groups is 1. The molecule has 1 fully saturated rings. The van der Waals surface area contributed by atoms with Crippen molar-refractivity contribution in [3.05, 3.63) is 65.8 Å². The summed E-state index contributed by atoms with van der Waals surface area (Å²) in [5, 5.41) is 6.39. The second-order valence-electron chi connectivity index (χ2n) is 7.96. The third-order valence-electron chi connectivity index (χ3n) is 5.73. The molecular formula is C24H22FN5OS. The monoisotopic (exact) mass is 447 g/mol. The van der Waals surface area contributed by atoms with Crippen LogP contribution in [0.3, 0.4) is 0 Å². The van der Waals surface area contributed by atoms with Crippen LogP contribution in [0.5, 0.6) is 0 Å². The summed E-state index contributed by atoms with van der Waals surface area (Å²) >= 11 is 1.62. The van der Waals surface area contributed by atoms with Crippen molar-refractivity contribution in [2.45, 2.75) is 25.7 Å². The summed E-state index contributed by atoms with van der Waals surface area (Å²) in [4.78, 5) is 27.7. The van der Waals surface area contributed by atoms with Gasteiger partial charge in [-0.25, -0.2) is 14.4 Å². The van der Waals surface area contributed by atoms with E-state index in [1.807, 2.05) is 23.2 Å². The minimum Gasteiger partial charge on any atom is -0.342 e. The molecule has 0 saturated carbocycles. The van der Waals surface area contributed by atoms with E-state index >= 15 is 0 Å². The van der Waals surface area contributed by atoms with E-state index in [-0.39, 0.29) is 17.6 Å². The van der Waals surface area contributed by atoms with Gasteiger partial charge in [0, 0.05) is 66.4 Å². The Bertz CT molecular complexity index is 1290. The van der Waals surface area contributed by atoms with E-state index in [1.165, 1.54) is 12.1 Å². The van der Waals surface area contributed by atoms with Gasteiger partial charge in [-0.05, 0) is 37.1 Å². The molecule has 1 unspecified atom stereocenters. The zero-order chi connectivity index (χ0) is 22.1. The van der Waals surface area contributed by atoms with Gasteiger partial charge < -0.3 is 10.2 Å². The number of fused-ring (bicyclic) bond motifs is 1. The number of thiophene rings is 1. The fraction of sp³-hybridized carbons (Fsp3) is 0.250. The van der Waals surface area contributed by atoms with Crippen LogP contribution in [0.25, 0.3) is 21.3 Å². The van der Waals surface area contributed by atoms with Gasteiger partial charge in [-0.3, -0.25) is 9.78 Å². The third-order valence-corrected chi connectivity index (χ3v) is 6.66. The number of aromatic nitrogens is 3. The summed E-state index contributed by atoms with van der Waals surface area (Å²) in [6.45, 7) is 2.97. The first-order chi connectivity index (χ1) is 15.6. The number of likely N-dealkylation sites (tertiary alicyclic amines) is 1. The number of halogens is 1. The van der Waals surface area contributed by atoms with Crippen LogP contribution in [0.1, 0.15) is 31.5 Å². The molecule has 1 aliphatic heterocycles. The summed E-state index contributed by atoms with van der Waals surface area (Å²) in [5.74, 6) is 1.10. The standard InChI is InChI=1S/C24H22FN5OS/c1-15(31)30-9-3-4-16(13-30)24-28-21(20-14-32-22-12-26-8-7-19(20)22)11-23(29-24)27-18-6-2-5-17(25)10-18/h2,5-8,10-12,14,16H,3-4,9,13H2,1H3,(H,27,28,29). The summed E-state index contributed by atoms with van der Waals surface area (Å²) in [5.41, 5.74) is 2.43. The van der Waals surface area contributed by atoms with Gasteiger partial charge in [0.25, 0.3) is 0 Å². The molecule has 0 aliphatic carbocycles. The molecular weight excluding hydrogens is 425 g/mol. The first-order valence-corrected chi connectivity index (χ1v) is 11.4. The van der Waals surface area contributed by atoms with Crippen molar-refractivity contribution in [2.75, 3.05) is 18.4 Å². The van der Waals surface area contributed by atoms with E-state index < -0.39 is 0 Å². The smallest absolute Gasteiger partial charge is 0.219 e. The van der Waals surface area contributed by atoms with E-state index in [0.717, 1.165) is 40.7 Å². The highest BCUT2D eigenvalue weighted by atomic mass is 32.1. The van der Waals surface area contributed by atoms with Crippen molar-refractivity contribution in [2.24, 2.45) is 0 Å². The lowest BCUT2D eigenvalue weighted by Gasteiger charge is -2.31. The molecule has 1 aliphatic rings. The molecule has 3 aromatic heterocycles. The Morgan fingerprint density at radius 2 is 2.16 bits per heavy atom. The van der Waals surface area contributed by atoms with E-state index in [1.54, 1.807) is 36.6 Å². The van der Waals surface area contributed by atoms with Gasteiger partial charge in [0.05, 0.1) is 10.4 Å². The number of nitrogens with zero attached hydrogens (tertiary/aromatic N) is 4. The number of hydrogen-bond donors (Lipinski definition) is 1. The maximum Gasteiger partial charge on any atom is 0.219 e. The Balaban J connectivity index is 1.58. The number of hydrogen-bond acceptors (Lipinski definition) is 6. The highest BCUT2D eigenvalue weighted by molar-refractivity contribution is 7.17. The molecule has 1 saturated heterocycles. The van der Waals surface area contributed by atoms with E-state index in [0.29, 0.717) is 23.9 Å². The summed E-state index contributed by atoms with van der Waals surface area (Å²) in [7, 11) is 0. The van der Waals surface area contributed by atoms with Crippen LogP contribution >= 0.6 is 11.3 Å². The van der Waals surface area contributed by atoms with Crippen molar-refractivity contribution >= 4 is 38.8 Å². The normalized spacial score (nSPS) is 16.3. The first kappa shape index (κ1) is 20.5. The summed E-state index contributed by atoms with van der Waals surface area (Å²) in [6, 6.07) is 10.2. The lowest BCUT2D eigenvalue weighted by atomic mass is 9.96. The van der Waals surface area contributed by atoms with Gasteiger partial charge in [0.2, 0.25) is 5.91 Å². The number of pyridine rings is 1. The Labute approximate surface area is 189 Å². The van der Waals surface area contributed by atoms with Gasteiger partial charge in [0.1, 0.15) is 17.5 Å². The Morgan fingerprint density at radius 3 is 3.00 bits per heavy atom. The van der Waals surface area contributed by atoms with Crippen molar-refractivity contribution < 1.29 is 9.18 Å². The van der Waals surface area contributed by atoms with Gasteiger partial charge in [0.15, 0.2) is 0 Å². The molecule has 6 nitrogen and oxygen atoms in total. The van der Waals surface area contributed by atoms with Crippen molar-refractivity contribution in [1.29, 1.82) is 0 Å². The Morgan fingerprint density at radius 1 is 1.25 bits per heavy atom. The van der Waals surface area contributed by atoms with Crippen LogP contribution < -0.4 is 5.32 Å². The van der Waals surface area contributed by atoms with E-state index in [2.05, 4.69) is 15.7 Å². The van der Waals surface area contributed by atoms with Crippen LogP contribution in [0.2, 0.25) is 0 Å². The maximum atomic E-state index is 13.7. The molecule has 4 heterocycles. The number of benzene rings is 1. The lowest BCUT2D eigenvalue weighted by Crippen LogP contribution is -2.38. The number of rotatable bonds is 4. The number of nitrogens with one attached hydrogen (secondary N) is 1. The van der Waals surface area contributed by atoms with Crippen LogP contribution in [0.4, 0.5) is 15.9 Å². The summed E-state index contributed by atoms with van der Waals surface area (Å²) in [6.07, 6.45) is 5.46. The second kappa shape index (κ2) is 8.63. The molecule has 162 valence electrons. The number of amides is 1. The molecule has 0 bridgehead atoms. The SMILES string of the molecule is CC(=O)N1CCCC(c2nc(Nc3cccc(F)c3)cc(-c3csc4cnccc34)n2)C1. The van der Waals surface area contributed by atoms with Crippen molar-refractivity contribution in [3.8, 4) is 11.3 Å². The molecule has 0 spiro atoms. The van der Waals surface area contributed by atoms with E-state index in [4.69, 9.17) is 9.97 Å². The number of anilines is 2. The fourth-order valence-electron chi connectivity index (χ4n) is 4.12. The quantitative estimate of drug-likeness (QED) is 0.456. The average molecular weight is 448 g/mol. The molecule has 1 N–H and O–H groups in total. The van der Waals surface area contributed by atoms with Gasteiger partial charge >= 0.3 is 0 Å². The van der Waals surface area contributed by atoms with Crippen molar-refractivity contribution in [1.82, 2.24) is 19.9 Å². The molecule has 5 rings (SSSR count). The molecule has 1 atom stereocenters. The lowest BCUT2D eigenvalue weighted by molar-refractivity contribution is -0.130. The highest BCUT2D eigenvalue weighted by Gasteiger charge is 2.26. The van der Waals surface area contributed by atoms with Crippen LogP contribution in [0.15, 0.2) is 54.2 Å². The predicted octanol–water partition coefficient (Wildman–Crippen LogP) is 5.36. The van der Waals surface area contributed by atoms with Crippen LogP contribution in [-0.2, 0) is 4.79 Å². The minimum absolute atomic E-state index is 0.0484. The highest BCUT2D eigenvalue weighted by Crippen LogP contribution is 2.35. The molecule has 0 radical (unpaired) electrons. The molecule has 1 amide bonds. The Hall–Kier alpha value is -3.39. The number of carbonyl (C=O) groups excluding carboxylic acids is 1. The molecule has 8 heteroatoms. The molecule has 4 aromatic rings. The zero-order valence-corrected chi connectivity index (χ0v) is 18.4. The minimum atomic E-state index is -0.315. The van der Waals surface area contributed by atoms with Crippen LogP contribution in [-0.4, -0.2) is 38.8 Å². The molecule has 32 heavy (non-hydrogen) atoms. The van der Waals surface area contributed by atoms with E-state index in [9.17, 15) is 9.18 Å².